The highest BCUT2D eigenvalue weighted by atomic mass is 35.5. The van der Waals surface area contributed by atoms with Crippen LogP contribution in [0, 0.1) is 6.92 Å². The first-order valence-corrected chi connectivity index (χ1v) is 8.60. The molecule has 3 nitrogen and oxygen atoms in total. The maximum absolute atomic E-state index is 6.02. The first-order chi connectivity index (χ1) is 12.2. The molecule has 1 atom stereocenters. The third-order valence-electron chi connectivity index (χ3n) is 4.37. The molecule has 0 aliphatic rings. The van der Waals surface area contributed by atoms with Gasteiger partial charge in [-0.25, -0.2) is 0 Å². The van der Waals surface area contributed by atoms with E-state index in [4.69, 9.17) is 11.6 Å². The summed E-state index contributed by atoms with van der Waals surface area (Å²) in [6.07, 6.45) is 1.83. The zero-order chi connectivity index (χ0) is 17.2. The molecule has 0 saturated carbocycles. The lowest BCUT2D eigenvalue weighted by Crippen LogP contribution is -2.14. The Morgan fingerprint density at radius 3 is 2.48 bits per heavy atom. The Morgan fingerprint density at radius 2 is 1.72 bits per heavy atom. The van der Waals surface area contributed by atoms with Crippen LogP contribution in [0.25, 0.3) is 10.9 Å². The molecule has 0 aliphatic carbocycles. The lowest BCUT2D eigenvalue weighted by Gasteiger charge is -2.20. The zero-order valence-corrected chi connectivity index (χ0v) is 14.6. The Bertz CT molecular complexity index is 991. The summed E-state index contributed by atoms with van der Waals surface area (Å²) in [6, 6.07) is 22.1. The van der Waals surface area contributed by atoms with Crippen molar-refractivity contribution in [3.05, 3.63) is 94.9 Å². The number of pyridine rings is 1. The minimum Gasteiger partial charge on any atom is -0.373 e. The van der Waals surface area contributed by atoms with Gasteiger partial charge in [-0.15, -0.1) is 0 Å². The summed E-state index contributed by atoms with van der Waals surface area (Å²) in [6.45, 7) is 2.11. The molecular formula is C21H18ClN3. The van der Waals surface area contributed by atoms with Gasteiger partial charge in [-0.1, -0.05) is 35.9 Å². The predicted octanol–water partition coefficient (Wildman–Crippen LogP) is 5.73. The standard InChI is InChI=1S/C21H18ClN3/c1-14-20(17-6-2-3-7-18(17)24-14)21(19-8-4-5-13-23-19)25-16-11-9-15(22)10-12-16/h2-13,21,24-25H,1H3/t21-/m1/s1. The van der Waals surface area contributed by atoms with Gasteiger partial charge in [0.15, 0.2) is 0 Å². The second-order valence-electron chi connectivity index (χ2n) is 6.05. The number of nitrogens with zero attached hydrogens (tertiary/aromatic N) is 1. The van der Waals surface area contributed by atoms with E-state index in [1.807, 2.05) is 48.7 Å². The first-order valence-electron chi connectivity index (χ1n) is 8.22. The molecule has 0 aliphatic heterocycles. The van der Waals surface area contributed by atoms with Crippen LogP contribution in [-0.4, -0.2) is 9.97 Å². The van der Waals surface area contributed by atoms with Crippen molar-refractivity contribution in [1.29, 1.82) is 0 Å². The molecule has 0 amide bonds. The second-order valence-corrected chi connectivity index (χ2v) is 6.48. The number of H-pyrrole nitrogens is 1. The Morgan fingerprint density at radius 1 is 0.960 bits per heavy atom. The van der Waals surface area contributed by atoms with Crippen LogP contribution >= 0.6 is 11.6 Å². The minimum atomic E-state index is -0.0569. The normalized spacial score (nSPS) is 12.2. The molecule has 124 valence electrons. The molecule has 0 saturated heterocycles. The Labute approximate surface area is 151 Å². The number of nitrogens with one attached hydrogen (secondary N) is 2. The average Bonchev–Trinajstić information content (AvgIpc) is 2.98. The van der Waals surface area contributed by atoms with Crippen molar-refractivity contribution >= 4 is 28.2 Å². The van der Waals surface area contributed by atoms with Crippen LogP contribution in [0.1, 0.15) is 23.0 Å². The van der Waals surface area contributed by atoms with E-state index in [1.165, 1.54) is 10.9 Å². The molecule has 0 unspecified atom stereocenters. The average molecular weight is 348 g/mol. The number of anilines is 1. The van der Waals surface area contributed by atoms with Gasteiger partial charge in [0, 0.05) is 39.1 Å². The number of para-hydroxylation sites is 1. The van der Waals surface area contributed by atoms with Crippen molar-refractivity contribution in [3.63, 3.8) is 0 Å². The van der Waals surface area contributed by atoms with Crippen molar-refractivity contribution in [2.45, 2.75) is 13.0 Å². The smallest absolute Gasteiger partial charge is 0.0963 e. The Kier molecular flexibility index (Phi) is 4.16. The molecular weight excluding hydrogens is 330 g/mol. The summed E-state index contributed by atoms with van der Waals surface area (Å²) in [7, 11) is 0. The molecule has 25 heavy (non-hydrogen) atoms. The van der Waals surface area contributed by atoms with Gasteiger partial charge < -0.3 is 10.3 Å². The first kappa shape index (κ1) is 15.7. The molecule has 2 aromatic carbocycles. The van der Waals surface area contributed by atoms with Crippen molar-refractivity contribution < 1.29 is 0 Å². The van der Waals surface area contributed by atoms with Gasteiger partial charge in [0.2, 0.25) is 0 Å². The molecule has 4 rings (SSSR count). The maximum atomic E-state index is 6.02. The van der Waals surface area contributed by atoms with Crippen LogP contribution in [0.15, 0.2) is 72.9 Å². The van der Waals surface area contributed by atoms with E-state index < -0.39 is 0 Å². The number of hydrogen-bond acceptors (Lipinski definition) is 2. The van der Waals surface area contributed by atoms with Gasteiger partial charge in [0.05, 0.1) is 11.7 Å². The van der Waals surface area contributed by atoms with Gasteiger partial charge in [0.1, 0.15) is 0 Å². The SMILES string of the molecule is Cc1[nH]c2ccccc2c1[C@H](Nc1ccc(Cl)cc1)c1ccccn1. The van der Waals surface area contributed by atoms with Gasteiger partial charge in [-0.2, -0.15) is 0 Å². The quantitative estimate of drug-likeness (QED) is 0.495. The lowest BCUT2D eigenvalue weighted by molar-refractivity contribution is 0.884. The minimum absolute atomic E-state index is 0.0569. The highest BCUT2D eigenvalue weighted by molar-refractivity contribution is 6.30. The highest BCUT2D eigenvalue weighted by Crippen LogP contribution is 2.33. The fraction of sp³-hybridized carbons (Fsp3) is 0.0952. The lowest BCUT2D eigenvalue weighted by atomic mass is 9.99. The van der Waals surface area contributed by atoms with Gasteiger partial charge in [0.25, 0.3) is 0 Å². The number of rotatable bonds is 4. The van der Waals surface area contributed by atoms with Crippen LogP contribution in [0.5, 0.6) is 0 Å². The van der Waals surface area contributed by atoms with Crippen LogP contribution in [0.2, 0.25) is 5.02 Å². The van der Waals surface area contributed by atoms with Crippen molar-refractivity contribution in [3.8, 4) is 0 Å². The molecule has 0 spiro atoms. The molecule has 0 radical (unpaired) electrons. The number of halogens is 1. The summed E-state index contributed by atoms with van der Waals surface area (Å²) in [5.41, 5.74) is 5.46. The molecule has 2 heterocycles. The van der Waals surface area contributed by atoms with E-state index in [2.05, 4.69) is 46.5 Å². The van der Waals surface area contributed by atoms with E-state index in [0.29, 0.717) is 0 Å². The van der Waals surface area contributed by atoms with E-state index in [9.17, 15) is 0 Å². The monoisotopic (exact) mass is 347 g/mol. The molecule has 0 fully saturated rings. The second kappa shape index (κ2) is 6.61. The number of aromatic amines is 1. The summed E-state index contributed by atoms with van der Waals surface area (Å²) >= 11 is 6.02. The third-order valence-corrected chi connectivity index (χ3v) is 4.62. The van der Waals surface area contributed by atoms with E-state index >= 15 is 0 Å². The van der Waals surface area contributed by atoms with Gasteiger partial charge in [-0.3, -0.25) is 4.98 Å². The number of fused-ring (bicyclic) bond motifs is 1. The van der Waals surface area contributed by atoms with Crippen LogP contribution in [0.3, 0.4) is 0 Å². The molecule has 4 aromatic rings. The van der Waals surface area contributed by atoms with Crippen LogP contribution in [-0.2, 0) is 0 Å². The highest BCUT2D eigenvalue weighted by Gasteiger charge is 2.21. The van der Waals surface area contributed by atoms with Crippen molar-refractivity contribution in [2.75, 3.05) is 5.32 Å². The molecule has 4 heteroatoms. The maximum Gasteiger partial charge on any atom is 0.0963 e. The Balaban J connectivity index is 1.85. The van der Waals surface area contributed by atoms with Crippen LogP contribution < -0.4 is 5.32 Å². The van der Waals surface area contributed by atoms with Crippen LogP contribution in [0.4, 0.5) is 5.69 Å². The molecule has 0 bridgehead atoms. The number of aromatic nitrogens is 2. The molecule has 2 aromatic heterocycles. The van der Waals surface area contributed by atoms with E-state index in [-0.39, 0.29) is 6.04 Å². The zero-order valence-electron chi connectivity index (χ0n) is 13.8. The third kappa shape index (κ3) is 3.11. The van der Waals surface area contributed by atoms with E-state index in [0.717, 1.165) is 27.6 Å². The number of hydrogen-bond donors (Lipinski definition) is 2. The van der Waals surface area contributed by atoms with Crippen molar-refractivity contribution in [1.82, 2.24) is 9.97 Å². The predicted molar refractivity (Wildman–Crippen MR) is 104 cm³/mol. The van der Waals surface area contributed by atoms with Crippen molar-refractivity contribution in [2.24, 2.45) is 0 Å². The van der Waals surface area contributed by atoms with E-state index in [1.54, 1.807) is 0 Å². The number of benzene rings is 2. The topological polar surface area (TPSA) is 40.7 Å². The van der Waals surface area contributed by atoms with Gasteiger partial charge in [-0.05, 0) is 49.4 Å². The summed E-state index contributed by atoms with van der Waals surface area (Å²) in [5.74, 6) is 0. The number of aryl methyl sites for hydroxylation is 1. The van der Waals surface area contributed by atoms with Gasteiger partial charge >= 0.3 is 0 Å². The summed E-state index contributed by atoms with van der Waals surface area (Å²) in [5, 5.41) is 5.55. The fourth-order valence-electron chi connectivity index (χ4n) is 3.22. The fourth-order valence-corrected chi connectivity index (χ4v) is 3.35. The largest absolute Gasteiger partial charge is 0.373 e. The summed E-state index contributed by atoms with van der Waals surface area (Å²) in [4.78, 5) is 8.08. The Hall–Kier alpha value is -2.78. The molecule has 2 N–H and O–H groups in total. The summed E-state index contributed by atoms with van der Waals surface area (Å²) < 4.78 is 0.